The Hall–Kier alpha value is -3.08. The number of phenols is 3. The summed E-state index contributed by atoms with van der Waals surface area (Å²) in [5, 5.41) is 45.1. The Bertz CT molecular complexity index is 1610. The molecule has 254 valence electrons. The van der Waals surface area contributed by atoms with E-state index in [1.54, 1.807) is 30.0 Å². The highest BCUT2D eigenvalue weighted by Crippen LogP contribution is 2.57. The van der Waals surface area contributed by atoms with E-state index in [0.717, 1.165) is 65.7 Å². The Kier molecular flexibility index (Phi) is 10.2. The lowest BCUT2D eigenvalue weighted by atomic mass is 9.71. The van der Waals surface area contributed by atoms with Gasteiger partial charge in [-0.3, -0.25) is 0 Å². The van der Waals surface area contributed by atoms with Gasteiger partial charge in [-0.15, -0.1) is 0 Å². The Labute approximate surface area is 285 Å². The molecule has 0 unspecified atom stereocenters. The van der Waals surface area contributed by atoms with E-state index in [1.165, 1.54) is 7.11 Å². The first-order valence-electron chi connectivity index (χ1n) is 16.5. The third-order valence-corrected chi connectivity index (χ3v) is 12.4. The summed E-state index contributed by atoms with van der Waals surface area (Å²) in [6.45, 7) is 6.87. The van der Waals surface area contributed by atoms with Crippen LogP contribution in [-0.2, 0) is 6.42 Å². The Morgan fingerprint density at radius 3 is 2.49 bits per heavy atom. The fraction of sp³-hybridized carbons (Fsp3) is 0.514. The van der Waals surface area contributed by atoms with Gasteiger partial charge in [-0.25, -0.2) is 0 Å². The zero-order valence-corrected chi connectivity index (χ0v) is 29.4. The molecule has 47 heavy (non-hydrogen) atoms. The zero-order chi connectivity index (χ0) is 33.4. The molecule has 0 saturated heterocycles. The Morgan fingerprint density at radius 2 is 1.74 bits per heavy atom. The maximum atomic E-state index is 12.3. The molecule has 2 heterocycles. The van der Waals surface area contributed by atoms with Crippen molar-refractivity contribution in [3.63, 3.8) is 0 Å². The Balaban J connectivity index is 1.51. The van der Waals surface area contributed by atoms with Crippen LogP contribution < -0.4 is 18.9 Å². The molecule has 5 atom stereocenters. The number of benzene rings is 3. The molecule has 6 rings (SSSR count). The number of hydrogen-bond acceptors (Lipinski definition) is 10. The van der Waals surface area contributed by atoms with Gasteiger partial charge in [0, 0.05) is 40.2 Å². The second-order valence-corrected chi connectivity index (χ2v) is 16.1. The molecule has 0 aromatic heterocycles. The highest BCUT2D eigenvalue weighted by molar-refractivity contribution is 8.76. The number of rotatable bonds is 7. The first kappa shape index (κ1) is 33.8. The fourth-order valence-electron chi connectivity index (χ4n) is 7.24. The lowest BCUT2D eigenvalue weighted by Crippen LogP contribution is -2.37. The van der Waals surface area contributed by atoms with Gasteiger partial charge in [0.2, 0.25) is 11.5 Å². The van der Waals surface area contributed by atoms with Gasteiger partial charge in [0.05, 0.1) is 20.8 Å². The molecule has 2 aliphatic heterocycles. The van der Waals surface area contributed by atoms with Crippen LogP contribution in [0.3, 0.4) is 0 Å². The lowest BCUT2D eigenvalue weighted by Gasteiger charge is -2.41. The number of hydrogen-bond donors (Lipinski definition) is 4. The van der Waals surface area contributed by atoms with Gasteiger partial charge < -0.3 is 39.4 Å². The van der Waals surface area contributed by atoms with Gasteiger partial charge in [0.25, 0.3) is 0 Å². The van der Waals surface area contributed by atoms with Crippen LogP contribution in [0.15, 0.2) is 30.3 Å². The third kappa shape index (κ3) is 6.53. The van der Waals surface area contributed by atoms with Crippen LogP contribution in [0.25, 0.3) is 11.1 Å². The quantitative estimate of drug-likeness (QED) is 0.181. The van der Waals surface area contributed by atoms with Crippen molar-refractivity contribution in [3.05, 3.63) is 52.6 Å². The van der Waals surface area contributed by atoms with Crippen molar-refractivity contribution in [2.24, 2.45) is 11.8 Å². The van der Waals surface area contributed by atoms with E-state index in [0.29, 0.717) is 35.7 Å². The first-order chi connectivity index (χ1) is 22.6. The van der Waals surface area contributed by atoms with Gasteiger partial charge in [0.1, 0.15) is 23.4 Å². The highest BCUT2D eigenvalue weighted by Gasteiger charge is 2.44. The van der Waals surface area contributed by atoms with E-state index >= 15 is 0 Å². The van der Waals surface area contributed by atoms with Crippen molar-refractivity contribution in [2.45, 2.75) is 76.9 Å². The monoisotopic (exact) mass is 682 g/mol. The fourth-order valence-corrected chi connectivity index (χ4v) is 9.83. The van der Waals surface area contributed by atoms with Crippen molar-refractivity contribution in [1.82, 2.24) is 0 Å². The van der Waals surface area contributed by atoms with Gasteiger partial charge in [0.15, 0.2) is 17.6 Å². The van der Waals surface area contributed by atoms with E-state index in [2.05, 4.69) is 20.8 Å². The molecule has 3 aromatic rings. The van der Waals surface area contributed by atoms with Crippen molar-refractivity contribution < 1.29 is 39.4 Å². The second-order valence-electron chi connectivity index (χ2n) is 13.5. The second kappa shape index (κ2) is 14.2. The summed E-state index contributed by atoms with van der Waals surface area (Å²) in [6.07, 6.45) is 2.69. The van der Waals surface area contributed by atoms with Crippen LogP contribution in [0.2, 0.25) is 0 Å². The summed E-state index contributed by atoms with van der Waals surface area (Å²) in [6, 6.07) is 9.06. The number of aliphatic hydroxyl groups excluding tert-OH is 1. The largest absolute Gasteiger partial charge is 0.508 e. The highest BCUT2D eigenvalue weighted by atomic mass is 33.1. The number of aromatic hydroxyl groups is 3. The van der Waals surface area contributed by atoms with Crippen molar-refractivity contribution in [3.8, 4) is 51.4 Å². The maximum Gasteiger partial charge on any atom is 0.207 e. The van der Waals surface area contributed by atoms with E-state index in [9.17, 15) is 20.4 Å². The molecule has 0 saturated carbocycles. The molecule has 1 aliphatic carbocycles. The average molecular weight is 683 g/mol. The van der Waals surface area contributed by atoms with Crippen LogP contribution in [0.4, 0.5) is 0 Å². The SMILES string of the molecule is COc1cc2c3c4c1-c1ccc(O)cc1[C@@H](CC[C@H](C)CCSSC[C@@H]3[C@@H](O)[C@H](c1cc(OCCC(C)C)c(O)c(OC)c1O)O2)C4. The number of fused-ring (bicyclic) bond motifs is 4. The van der Waals surface area contributed by atoms with E-state index in [-0.39, 0.29) is 46.1 Å². The minimum absolute atomic E-state index is 0.122. The summed E-state index contributed by atoms with van der Waals surface area (Å²) < 4.78 is 24.1. The molecule has 0 spiro atoms. The van der Waals surface area contributed by atoms with Crippen molar-refractivity contribution in [2.75, 3.05) is 32.3 Å². The average Bonchev–Trinajstić information content (AvgIpc) is 3.05. The van der Waals surface area contributed by atoms with Gasteiger partial charge in [-0.2, -0.15) is 0 Å². The molecule has 10 heteroatoms. The molecule has 2 bridgehead atoms. The van der Waals surface area contributed by atoms with Crippen molar-refractivity contribution in [1.29, 1.82) is 0 Å². The number of methoxy groups -OCH3 is 2. The van der Waals surface area contributed by atoms with Gasteiger partial charge >= 0.3 is 0 Å². The van der Waals surface area contributed by atoms with Crippen LogP contribution in [0, 0.1) is 11.8 Å². The molecule has 0 fully saturated rings. The molecule has 8 nitrogen and oxygen atoms in total. The van der Waals surface area contributed by atoms with Crippen molar-refractivity contribution >= 4 is 21.6 Å². The number of ether oxygens (including phenoxy) is 4. The van der Waals surface area contributed by atoms with Crippen LogP contribution >= 0.6 is 21.6 Å². The first-order valence-corrected chi connectivity index (χ1v) is 19.0. The molecule has 3 aromatic carbocycles. The number of phenolic OH excluding ortho intramolecular Hbond substituents is 3. The summed E-state index contributed by atoms with van der Waals surface area (Å²) >= 11 is 0. The smallest absolute Gasteiger partial charge is 0.207 e. The third-order valence-electron chi connectivity index (χ3n) is 9.88. The van der Waals surface area contributed by atoms with Gasteiger partial charge in [-0.1, -0.05) is 54.8 Å². The van der Waals surface area contributed by atoms with Crippen LogP contribution in [0.1, 0.15) is 86.6 Å². The van der Waals surface area contributed by atoms with E-state index in [1.807, 2.05) is 29.0 Å². The van der Waals surface area contributed by atoms with Crippen LogP contribution in [-0.4, -0.2) is 58.9 Å². The molecular weight excluding hydrogens is 637 g/mol. The molecule has 0 radical (unpaired) electrons. The molecule has 3 aliphatic rings. The summed E-state index contributed by atoms with van der Waals surface area (Å²) in [7, 11) is 6.60. The minimum Gasteiger partial charge on any atom is -0.508 e. The lowest BCUT2D eigenvalue weighted by molar-refractivity contribution is 0.00296. The zero-order valence-electron chi connectivity index (χ0n) is 27.7. The molecule has 0 amide bonds. The number of aliphatic hydroxyl groups is 1. The van der Waals surface area contributed by atoms with Crippen LogP contribution in [0.5, 0.6) is 40.2 Å². The normalized spacial score (nSPS) is 23.9. The minimum atomic E-state index is -1.03. The summed E-state index contributed by atoms with van der Waals surface area (Å²) in [5.41, 5.74) is 5.49. The predicted octanol–water partition coefficient (Wildman–Crippen LogP) is 8.33. The van der Waals surface area contributed by atoms with E-state index < -0.39 is 12.2 Å². The topological polar surface area (TPSA) is 118 Å². The summed E-state index contributed by atoms with van der Waals surface area (Å²) in [5.74, 6) is 3.43. The molecular formula is C37H46O8S2. The predicted molar refractivity (Wildman–Crippen MR) is 188 cm³/mol. The van der Waals surface area contributed by atoms with E-state index in [4.69, 9.17) is 18.9 Å². The Morgan fingerprint density at radius 1 is 0.936 bits per heavy atom. The maximum absolute atomic E-state index is 12.3. The standard InChI is InChI=1S/C37H46O8S2/c1-19(2)10-12-44-30-16-26(33(39)37(43-5)35(30)41)36-34(40)27-18-47-46-13-11-20(3)6-7-21-14-25-31(23-9-8-22(38)15-24(21)23)28(42-4)17-29(45-36)32(25)27/h8-9,15-17,19-21,27,34,36,38-41H,6-7,10-14,18H2,1-5H3/t20-,21-,27-,34+,36-/m0/s1. The molecule has 4 N–H and O–H groups in total. The summed E-state index contributed by atoms with van der Waals surface area (Å²) in [4.78, 5) is 0. The van der Waals surface area contributed by atoms with Gasteiger partial charge in [-0.05, 0) is 78.3 Å².